The maximum Gasteiger partial charge on any atom is 0.252 e. The number of carbonyl (C=O) groups excluding carboxylic acids is 1. The number of primary amides is 1. The fourth-order valence-electron chi connectivity index (χ4n) is 1.11. The van der Waals surface area contributed by atoms with Crippen molar-refractivity contribution in [1.29, 1.82) is 0 Å². The third-order valence-electron chi connectivity index (χ3n) is 1.76. The Morgan fingerprint density at radius 2 is 2.21 bits per heavy atom. The average molecular weight is 194 g/mol. The molecule has 4 nitrogen and oxygen atoms in total. The first-order valence-corrected chi connectivity index (χ1v) is 4.48. The predicted molar refractivity (Wildman–Crippen MR) is 55.2 cm³/mol. The molecule has 0 spiro atoms. The number of nitrogen functional groups attached to an aromatic ring is 1. The third kappa shape index (κ3) is 2.16. The molecule has 0 aliphatic rings. The van der Waals surface area contributed by atoms with Gasteiger partial charge in [0.1, 0.15) is 0 Å². The summed E-state index contributed by atoms with van der Waals surface area (Å²) < 4.78 is 5.35. The number of carbonyl (C=O) groups is 1. The molecule has 0 unspecified atom stereocenters. The third-order valence-corrected chi connectivity index (χ3v) is 1.76. The molecule has 1 rings (SSSR count). The van der Waals surface area contributed by atoms with Crippen LogP contribution < -0.4 is 16.2 Å². The van der Waals surface area contributed by atoms with E-state index in [1.807, 2.05) is 6.92 Å². The van der Waals surface area contributed by atoms with Gasteiger partial charge >= 0.3 is 0 Å². The number of hydrogen-bond donors (Lipinski definition) is 2. The van der Waals surface area contributed by atoms with Crippen LogP contribution in [0.4, 0.5) is 5.69 Å². The number of nitrogens with two attached hydrogens (primary N) is 2. The van der Waals surface area contributed by atoms with Crippen molar-refractivity contribution in [3.05, 3.63) is 23.8 Å². The molecule has 4 N–H and O–H groups in total. The van der Waals surface area contributed by atoms with Gasteiger partial charge in [-0.15, -0.1) is 0 Å². The van der Waals surface area contributed by atoms with Crippen molar-refractivity contribution in [2.24, 2.45) is 5.73 Å². The Balaban J connectivity index is 3.02. The van der Waals surface area contributed by atoms with E-state index in [9.17, 15) is 4.79 Å². The van der Waals surface area contributed by atoms with Crippen LogP contribution in [0.1, 0.15) is 23.7 Å². The van der Waals surface area contributed by atoms with Gasteiger partial charge in [-0.2, -0.15) is 0 Å². The van der Waals surface area contributed by atoms with E-state index in [1.54, 1.807) is 18.2 Å². The molecule has 0 radical (unpaired) electrons. The monoisotopic (exact) mass is 194 g/mol. The van der Waals surface area contributed by atoms with E-state index in [-0.39, 0.29) is 0 Å². The minimum Gasteiger partial charge on any atom is -0.491 e. The molecule has 0 aliphatic carbocycles. The summed E-state index contributed by atoms with van der Waals surface area (Å²) in [6.07, 6.45) is 0.854. The lowest BCUT2D eigenvalue weighted by molar-refractivity contribution is 0.0996. The van der Waals surface area contributed by atoms with Crippen molar-refractivity contribution in [2.75, 3.05) is 12.3 Å². The molecule has 0 atom stereocenters. The zero-order valence-electron chi connectivity index (χ0n) is 8.12. The molecular weight excluding hydrogens is 180 g/mol. The lowest BCUT2D eigenvalue weighted by atomic mass is 10.1. The number of para-hydroxylation sites is 1. The highest BCUT2D eigenvalue weighted by Crippen LogP contribution is 2.25. The van der Waals surface area contributed by atoms with Crippen molar-refractivity contribution in [2.45, 2.75) is 13.3 Å². The molecule has 0 saturated heterocycles. The molecular formula is C10H14N2O2. The molecule has 0 saturated carbocycles. The smallest absolute Gasteiger partial charge is 0.252 e. The lowest BCUT2D eigenvalue weighted by Gasteiger charge is -2.10. The minimum absolute atomic E-state index is 0.332. The summed E-state index contributed by atoms with van der Waals surface area (Å²) in [7, 11) is 0. The van der Waals surface area contributed by atoms with Crippen LogP contribution in [0.15, 0.2) is 18.2 Å². The van der Waals surface area contributed by atoms with Gasteiger partial charge in [-0.25, -0.2) is 0 Å². The summed E-state index contributed by atoms with van der Waals surface area (Å²) in [4.78, 5) is 11.0. The van der Waals surface area contributed by atoms with Crippen LogP contribution in [0.3, 0.4) is 0 Å². The summed E-state index contributed by atoms with van der Waals surface area (Å²) in [6, 6.07) is 4.95. The second-order valence-corrected chi connectivity index (χ2v) is 2.94. The molecule has 1 aromatic carbocycles. The predicted octanol–water partition coefficient (Wildman–Crippen LogP) is 1.16. The molecule has 0 aromatic heterocycles. The number of hydrogen-bond acceptors (Lipinski definition) is 3. The topological polar surface area (TPSA) is 78.3 Å². The maximum absolute atomic E-state index is 11.0. The van der Waals surface area contributed by atoms with Gasteiger partial charge in [0.05, 0.1) is 17.9 Å². The highest BCUT2D eigenvalue weighted by Gasteiger charge is 2.11. The Kier molecular flexibility index (Phi) is 3.34. The highest BCUT2D eigenvalue weighted by molar-refractivity contribution is 5.97. The van der Waals surface area contributed by atoms with Crippen molar-refractivity contribution < 1.29 is 9.53 Å². The molecule has 0 aliphatic heterocycles. The normalized spacial score (nSPS) is 9.79. The van der Waals surface area contributed by atoms with E-state index in [2.05, 4.69) is 0 Å². The van der Waals surface area contributed by atoms with E-state index in [4.69, 9.17) is 16.2 Å². The fraction of sp³-hybridized carbons (Fsp3) is 0.300. The van der Waals surface area contributed by atoms with Crippen LogP contribution in [0.2, 0.25) is 0 Å². The van der Waals surface area contributed by atoms with Gasteiger partial charge in [0.25, 0.3) is 5.91 Å². The lowest BCUT2D eigenvalue weighted by Crippen LogP contribution is -2.14. The Hall–Kier alpha value is -1.71. The van der Waals surface area contributed by atoms with Gasteiger partial charge in [0, 0.05) is 0 Å². The molecule has 0 bridgehead atoms. The summed E-state index contributed by atoms with van der Waals surface area (Å²) in [6.45, 7) is 2.50. The first-order valence-electron chi connectivity index (χ1n) is 4.48. The molecule has 0 heterocycles. The number of benzene rings is 1. The molecule has 76 valence electrons. The highest BCUT2D eigenvalue weighted by atomic mass is 16.5. The SMILES string of the molecule is CCCOc1c(N)cccc1C(N)=O. The Labute approximate surface area is 82.8 Å². The van der Waals surface area contributed by atoms with Crippen molar-refractivity contribution in [3.8, 4) is 5.75 Å². The maximum atomic E-state index is 11.0. The molecule has 1 aromatic rings. The number of anilines is 1. The quantitative estimate of drug-likeness (QED) is 0.706. The average Bonchev–Trinajstić information content (AvgIpc) is 2.15. The first-order chi connectivity index (χ1) is 6.66. The Morgan fingerprint density at radius 1 is 1.50 bits per heavy atom. The van der Waals surface area contributed by atoms with Gasteiger partial charge in [-0.05, 0) is 18.6 Å². The van der Waals surface area contributed by atoms with Crippen molar-refractivity contribution >= 4 is 11.6 Å². The van der Waals surface area contributed by atoms with Gasteiger partial charge < -0.3 is 16.2 Å². The zero-order chi connectivity index (χ0) is 10.6. The summed E-state index contributed by atoms with van der Waals surface area (Å²) in [5.74, 6) is -0.134. The van der Waals surface area contributed by atoms with Gasteiger partial charge in [0.2, 0.25) is 0 Å². The largest absolute Gasteiger partial charge is 0.491 e. The number of amides is 1. The van der Waals surface area contributed by atoms with Crippen LogP contribution in [-0.4, -0.2) is 12.5 Å². The van der Waals surface area contributed by atoms with Gasteiger partial charge in [-0.3, -0.25) is 4.79 Å². The van der Waals surface area contributed by atoms with Crippen LogP contribution in [0.5, 0.6) is 5.75 Å². The van der Waals surface area contributed by atoms with E-state index < -0.39 is 5.91 Å². The summed E-state index contributed by atoms with van der Waals surface area (Å²) >= 11 is 0. The van der Waals surface area contributed by atoms with E-state index >= 15 is 0 Å². The Morgan fingerprint density at radius 3 is 2.79 bits per heavy atom. The van der Waals surface area contributed by atoms with Crippen molar-refractivity contribution in [1.82, 2.24) is 0 Å². The molecule has 1 amide bonds. The van der Waals surface area contributed by atoms with Crippen LogP contribution in [-0.2, 0) is 0 Å². The second kappa shape index (κ2) is 4.50. The number of rotatable bonds is 4. The zero-order valence-corrected chi connectivity index (χ0v) is 8.12. The second-order valence-electron chi connectivity index (χ2n) is 2.94. The summed E-state index contributed by atoms with van der Waals surface area (Å²) in [5.41, 5.74) is 11.6. The fourth-order valence-corrected chi connectivity index (χ4v) is 1.11. The van der Waals surface area contributed by atoms with Gasteiger partial charge in [-0.1, -0.05) is 13.0 Å². The molecule has 0 fully saturated rings. The first kappa shape index (κ1) is 10.4. The minimum atomic E-state index is -0.525. The van der Waals surface area contributed by atoms with Crippen LogP contribution in [0.25, 0.3) is 0 Å². The summed E-state index contributed by atoms with van der Waals surface area (Å²) in [5, 5.41) is 0. The van der Waals surface area contributed by atoms with E-state index in [1.165, 1.54) is 0 Å². The molecule has 4 heteroatoms. The Bertz CT molecular complexity index is 337. The van der Waals surface area contributed by atoms with E-state index in [0.29, 0.717) is 23.6 Å². The van der Waals surface area contributed by atoms with E-state index in [0.717, 1.165) is 6.42 Å². The molecule has 14 heavy (non-hydrogen) atoms. The number of ether oxygens (including phenoxy) is 1. The van der Waals surface area contributed by atoms with Crippen LogP contribution in [0, 0.1) is 0 Å². The van der Waals surface area contributed by atoms with Gasteiger partial charge in [0.15, 0.2) is 5.75 Å². The van der Waals surface area contributed by atoms with Crippen molar-refractivity contribution in [3.63, 3.8) is 0 Å². The standard InChI is InChI=1S/C10H14N2O2/c1-2-6-14-9-7(10(12)13)4-3-5-8(9)11/h3-5H,2,6,11H2,1H3,(H2,12,13). The van der Waals surface area contributed by atoms with Crippen LogP contribution >= 0.6 is 0 Å².